The van der Waals surface area contributed by atoms with Gasteiger partial charge in [0.1, 0.15) is 5.15 Å². The smallest absolute Gasteiger partial charge is 0.240 e. The normalized spacial score (nSPS) is 12.1. The highest BCUT2D eigenvalue weighted by atomic mass is 79.9. The maximum Gasteiger partial charge on any atom is 0.394 e. The Morgan fingerprint density at radius 3 is 2.59 bits per heavy atom. The molecule has 1 aromatic heterocycles. The van der Waals surface area contributed by atoms with E-state index in [1.807, 2.05) is 0 Å². The van der Waals surface area contributed by atoms with E-state index in [0.29, 0.717) is 15.2 Å². The second kappa shape index (κ2) is 4.46. The van der Waals surface area contributed by atoms with Crippen LogP contribution in [0.25, 0.3) is 10.8 Å². The van der Waals surface area contributed by atoms with Crippen LogP contribution in [0.3, 0.4) is 0 Å². The predicted octanol–water partition coefficient (Wildman–Crippen LogP) is 4.76. The van der Waals surface area contributed by atoms with Gasteiger partial charge >= 0.3 is 6.18 Å². The zero-order chi connectivity index (χ0) is 12.6. The third kappa shape index (κ3) is 2.90. The Hall–Kier alpha value is -0.810. The van der Waals surface area contributed by atoms with Crippen LogP contribution in [-0.2, 0) is 6.42 Å². The number of alkyl halides is 3. The molecule has 1 aromatic carbocycles. The van der Waals surface area contributed by atoms with Crippen molar-refractivity contribution in [2.45, 2.75) is 12.6 Å². The second-order valence-corrected chi connectivity index (χ2v) is 4.76. The van der Waals surface area contributed by atoms with Crippen LogP contribution in [0.4, 0.5) is 13.2 Å². The van der Waals surface area contributed by atoms with E-state index in [2.05, 4.69) is 20.9 Å². The van der Waals surface area contributed by atoms with Gasteiger partial charge in [-0.15, -0.1) is 0 Å². The number of halogens is 5. The fourth-order valence-corrected chi connectivity index (χ4v) is 2.29. The first-order valence-corrected chi connectivity index (χ1v) is 5.84. The highest BCUT2D eigenvalue weighted by Crippen LogP contribution is 2.31. The summed E-state index contributed by atoms with van der Waals surface area (Å²) in [4.78, 5) is 3.75. The summed E-state index contributed by atoms with van der Waals surface area (Å²) >= 11 is 9.00. The molecule has 0 atom stereocenters. The first-order valence-electron chi connectivity index (χ1n) is 4.67. The molecule has 1 heterocycles. The fourth-order valence-electron chi connectivity index (χ4n) is 1.60. The van der Waals surface area contributed by atoms with Crippen molar-refractivity contribution in [2.75, 3.05) is 0 Å². The van der Waals surface area contributed by atoms with Gasteiger partial charge in [-0.2, -0.15) is 13.2 Å². The minimum atomic E-state index is -4.30. The molecule has 0 saturated heterocycles. The number of hydrogen-bond acceptors (Lipinski definition) is 1. The van der Waals surface area contributed by atoms with Crippen molar-refractivity contribution >= 4 is 38.3 Å². The van der Waals surface area contributed by atoms with Crippen molar-refractivity contribution in [2.24, 2.45) is 0 Å². The van der Waals surface area contributed by atoms with Crippen molar-refractivity contribution < 1.29 is 13.2 Å². The number of fused-ring (bicyclic) bond motifs is 1. The van der Waals surface area contributed by atoms with Gasteiger partial charge in [-0.1, -0.05) is 39.7 Å². The summed E-state index contributed by atoms with van der Waals surface area (Å²) in [5.74, 6) is 0. The topological polar surface area (TPSA) is 12.9 Å². The second-order valence-electron chi connectivity index (χ2n) is 3.52. The molecule has 6 heteroatoms. The lowest BCUT2D eigenvalue weighted by Gasteiger charge is -2.10. The van der Waals surface area contributed by atoms with Crippen LogP contribution in [0.2, 0.25) is 5.15 Å². The molecule has 0 amide bonds. The fraction of sp³-hybridized carbons (Fsp3) is 0.182. The number of pyridine rings is 1. The largest absolute Gasteiger partial charge is 0.394 e. The molecule has 0 saturated carbocycles. The monoisotopic (exact) mass is 323 g/mol. The Morgan fingerprint density at radius 1 is 1.24 bits per heavy atom. The van der Waals surface area contributed by atoms with E-state index in [0.717, 1.165) is 0 Å². The van der Waals surface area contributed by atoms with E-state index >= 15 is 0 Å². The van der Waals surface area contributed by atoms with Gasteiger partial charge in [0, 0.05) is 15.2 Å². The third-order valence-corrected chi connectivity index (χ3v) is 3.12. The zero-order valence-electron chi connectivity index (χ0n) is 8.35. The molecule has 1 nitrogen and oxygen atoms in total. The maximum atomic E-state index is 12.4. The molecule has 0 spiro atoms. The van der Waals surface area contributed by atoms with Crippen LogP contribution < -0.4 is 0 Å². The SMILES string of the molecule is FC(F)(F)Cc1nc(Cl)cc2c(Br)cccc12. The van der Waals surface area contributed by atoms with Gasteiger partial charge in [-0.05, 0) is 12.1 Å². The highest BCUT2D eigenvalue weighted by Gasteiger charge is 2.29. The lowest BCUT2D eigenvalue weighted by atomic mass is 10.1. The Balaban J connectivity index is 2.66. The van der Waals surface area contributed by atoms with Crippen molar-refractivity contribution in [1.82, 2.24) is 4.98 Å². The lowest BCUT2D eigenvalue weighted by Crippen LogP contribution is -2.13. The number of rotatable bonds is 1. The summed E-state index contributed by atoms with van der Waals surface area (Å²) < 4.78 is 37.9. The summed E-state index contributed by atoms with van der Waals surface area (Å²) in [5, 5.41) is 1.15. The van der Waals surface area contributed by atoms with Gasteiger partial charge in [-0.25, -0.2) is 4.98 Å². The van der Waals surface area contributed by atoms with Crippen LogP contribution in [0.5, 0.6) is 0 Å². The quantitative estimate of drug-likeness (QED) is 0.690. The number of aromatic nitrogens is 1. The first kappa shape index (κ1) is 12.6. The van der Waals surface area contributed by atoms with Crippen molar-refractivity contribution in [3.8, 4) is 0 Å². The number of nitrogens with zero attached hydrogens (tertiary/aromatic N) is 1. The van der Waals surface area contributed by atoms with E-state index in [1.54, 1.807) is 24.3 Å². The van der Waals surface area contributed by atoms with E-state index in [9.17, 15) is 13.2 Å². The minimum absolute atomic E-state index is 0.0544. The predicted molar refractivity (Wildman–Crippen MR) is 64.2 cm³/mol. The molecule has 0 fully saturated rings. The van der Waals surface area contributed by atoms with Gasteiger partial charge in [0.25, 0.3) is 0 Å². The van der Waals surface area contributed by atoms with Gasteiger partial charge in [-0.3, -0.25) is 0 Å². The van der Waals surface area contributed by atoms with Gasteiger partial charge in [0.15, 0.2) is 0 Å². The molecule has 17 heavy (non-hydrogen) atoms. The van der Waals surface area contributed by atoms with E-state index < -0.39 is 12.6 Å². The van der Waals surface area contributed by atoms with E-state index in [1.165, 1.54) is 0 Å². The maximum absolute atomic E-state index is 12.4. The molecule has 0 aliphatic carbocycles. The van der Waals surface area contributed by atoms with E-state index in [-0.39, 0.29) is 10.8 Å². The Morgan fingerprint density at radius 2 is 1.94 bits per heavy atom. The first-order chi connectivity index (χ1) is 7.87. The zero-order valence-corrected chi connectivity index (χ0v) is 10.7. The molecule has 0 aliphatic heterocycles. The standard InChI is InChI=1S/C11H6BrClF3N/c12-8-3-1-2-6-7(8)4-10(13)17-9(6)5-11(14,15)16/h1-4H,5H2. The Kier molecular flexibility index (Phi) is 3.32. The van der Waals surface area contributed by atoms with Crippen LogP contribution in [0, 0.1) is 0 Å². The molecule has 2 aromatic rings. The summed E-state index contributed by atoms with van der Waals surface area (Å²) in [5.41, 5.74) is -0.0544. The molecule has 0 unspecified atom stereocenters. The molecule has 2 rings (SSSR count). The van der Waals surface area contributed by atoms with Gasteiger partial charge < -0.3 is 0 Å². The van der Waals surface area contributed by atoms with Crippen molar-refractivity contribution in [1.29, 1.82) is 0 Å². The molecule has 0 radical (unpaired) electrons. The van der Waals surface area contributed by atoms with Crippen LogP contribution in [-0.4, -0.2) is 11.2 Å². The molecule has 90 valence electrons. The summed E-state index contributed by atoms with van der Waals surface area (Å²) in [6, 6.07) is 6.56. The number of benzene rings is 1. The molecule has 0 bridgehead atoms. The van der Waals surface area contributed by atoms with Crippen molar-refractivity contribution in [3.05, 3.63) is 39.6 Å². The molecule has 0 aliphatic rings. The average molecular weight is 325 g/mol. The summed E-state index contributed by atoms with van der Waals surface area (Å²) in [7, 11) is 0. The van der Waals surface area contributed by atoms with Gasteiger partial charge in [0.2, 0.25) is 0 Å². The molecular weight excluding hydrogens is 318 g/mol. The summed E-state index contributed by atoms with van der Waals surface area (Å²) in [6.07, 6.45) is -5.38. The van der Waals surface area contributed by atoms with Crippen LogP contribution in [0.1, 0.15) is 5.69 Å². The average Bonchev–Trinajstić information content (AvgIpc) is 2.17. The summed E-state index contributed by atoms with van der Waals surface area (Å²) in [6.45, 7) is 0. The van der Waals surface area contributed by atoms with E-state index in [4.69, 9.17) is 11.6 Å². The Labute approximate surface area is 109 Å². The lowest BCUT2D eigenvalue weighted by molar-refractivity contribution is -0.127. The Bertz CT molecular complexity index is 568. The van der Waals surface area contributed by atoms with Crippen LogP contribution >= 0.6 is 27.5 Å². The van der Waals surface area contributed by atoms with Crippen molar-refractivity contribution in [3.63, 3.8) is 0 Å². The number of hydrogen-bond donors (Lipinski definition) is 0. The van der Waals surface area contributed by atoms with Gasteiger partial charge in [0.05, 0.1) is 12.1 Å². The molecule has 0 N–H and O–H groups in total. The highest BCUT2D eigenvalue weighted by molar-refractivity contribution is 9.10. The third-order valence-electron chi connectivity index (χ3n) is 2.24. The van der Waals surface area contributed by atoms with Crippen LogP contribution in [0.15, 0.2) is 28.7 Å². The minimum Gasteiger partial charge on any atom is -0.240 e. The molecular formula is C11H6BrClF3N.